The molecule has 1 aliphatic carbocycles. The minimum atomic E-state index is 0.170. The minimum Gasteiger partial charge on any atom is -0.354 e. The lowest BCUT2D eigenvalue weighted by molar-refractivity contribution is 0.590. The maximum Gasteiger partial charge on any atom is 0.0477 e. The first-order valence-corrected chi connectivity index (χ1v) is 10.9. The molecule has 0 amide bonds. The van der Waals surface area contributed by atoms with E-state index in [1.807, 2.05) is 0 Å². The molecule has 0 saturated heterocycles. The SMILES string of the molecule is CC(C)(C)c1ccc(-c2cc(C3=CCCCC3)cc3[nH]c4ccccc4c23)cc1. The molecular formula is C28H29N. The van der Waals surface area contributed by atoms with Crippen molar-refractivity contribution in [3.05, 3.63) is 77.9 Å². The van der Waals surface area contributed by atoms with Crippen molar-refractivity contribution in [2.24, 2.45) is 0 Å². The predicted octanol–water partition coefficient (Wildman–Crippen LogP) is 8.24. The molecule has 0 aliphatic heterocycles. The molecule has 3 aromatic carbocycles. The zero-order chi connectivity index (χ0) is 20.0. The quantitative estimate of drug-likeness (QED) is 0.361. The van der Waals surface area contributed by atoms with Gasteiger partial charge in [0.25, 0.3) is 0 Å². The third-order valence-corrected chi connectivity index (χ3v) is 6.33. The molecule has 4 aromatic rings. The number of fused-ring (bicyclic) bond motifs is 3. The van der Waals surface area contributed by atoms with Gasteiger partial charge in [-0.1, -0.05) is 69.3 Å². The van der Waals surface area contributed by atoms with Gasteiger partial charge in [-0.25, -0.2) is 0 Å². The van der Waals surface area contributed by atoms with E-state index in [0.717, 1.165) is 0 Å². The van der Waals surface area contributed by atoms with Gasteiger partial charge in [0, 0.05) is 21.8 Å². The van der Waals surface area contributed by atoms with Crippen molar-refractivity contribution in [1.82, 2.24) is 4.98 Å². The van der Waals surface area contributed by atoms with Crippen LogP contribution in [0.2, 0.25) is 0 Å². The van der Waals surface area contributed by atoms with Gasteiger partial charge in [0.2, 0.25) is 0 Å². The van der Waals surface area contributed by atoms with Crippen LogP contribution in [0.4, 0.5) is 0 Å². The van der Waals surface area contributed by atoms with Crippen LogP contribution < -0.4 is 0 Å². The smallest absolute Gasteiger partial charge is 0.0477 e. The van der Waals surface area contributed by atoms with Gasteiger partial charge in [-0.2, -0.15) is 0 Å². The molecule has 1 heterocycles. The number of hydrogen-bond donors (Lipinski definition) is 1. The summed E-state index contributed by atoms with van der Waals surface area (Å²) in [5.41, 5.74) is 9.51. The lowest BCUT2D eigenvalue weighted by Crippen LogP contribution is -2.10. The van der Waals surface area contributed by atoms with Crippen LogP contribution in [-0.2, 0) is 5.41 Å². The fourth-order valence-corrected chi connectivity index (χ4v) is 4.65. The van der Waals surface area contributed by atoms with E-state index in [1.165, 1.54) is 75.3 Å². The lowest BCUT2D eigenvalue weighted by Gasteiger charge is -2.20. The van der Waals surface area contributed by atoms with Crippen LogP contribution in [0.25, 0.3) is 38.5 Å². The van der Waals surface area contributed by atoms with Gasteiger partial charge in [0.05, 0.1) is 0 Å². The molecule has 1 aliphatic rings. The third-order valence-electron chi connectivity index (χ3n) is 6.33. The molecule has 29 heavy (non-hydrogen) atoms. The Hall–Kier alpha value is -2.80. The fourth-order valence-electron chi connectivity index (χ4n) is 4.65. The highest BCUT2D eigenvalue weighted by Crippen LogP contribution is 2.39. The summed E-state index contributed by atoms with van der Waals surface area (Å²) in [6, 6.07) is 22.6. The molecule has 0 atom stereocenters. The van der Waals surface area contributed by atoms with E-state index in [1.54, 1.807) is 0 Å². The largest absolute Gasteiger partial charge is 0.354 e. The first-order valence-electron chi connectivity index (χ1n) is 10.9. The maximum atomic E-state index is 3.68. The van der Waals surface area contributed by atoms with Crippen LogP contribution in [-0.4, -0.2) is 4.98 Å². The number of aromatic amines is 1. The van der Waals surface area contributed by atoms with Crippen molar-refractivity contribution in [1.29, 1.82) is 0 Å². The third kappa shape index (κ3) is 3.29. The van der Waals surface area contributed by atoms with Gasteiger partial charge in [0.1, 0.15) is 0 Å². The second-order valence-corrected chi connectivity index (χ2v) is 9.42. The van der Waals surface area contributed by atoms with E-state index in [4.69, 9.17) is 0 Å². The number of para-hydroxylation sites is 1. The summed E-state index contributed by atoms with van der Waals surface area (Å²) in [5.74, 6) is 0. The summed E-state index contributed by atoms with van der Waals surface area (Å²) in [6.07, 6.45) is 7.45. The number of allylic oxidation sites excluding steroid dienone is 2. The Labute approximate surface area is 173 Å². The molecule has 0 radical (unpaired) electrons. The molecule has 0 saturated carbocycles. The minimum absolute atomic E-state index is 0.170. The standard InChI is InChI=1S/C28H29N/c1-28(2,3)22-15-13-20(14-16-22)24-17-21(19-9-5-4-6-10-19)18-26-27(24)23-11-7-8-12-25(23)29-26/h7-9,11-18,29H,4-6,10H2,1-3H3. The van der Waals surface area contributed by atoms with E-state index in [2.05, 4.69) is 92.5 Å². The van der Waals surface area contributed by atoms with Crippen molar-refractivity contribution >= 4 is 27.4 Å². The Bertz CT molecular complexity index is 1210. The summed E-state index contributed by atoms with van der Waals surface area (Å²) >= 11 is 0. The molecule has 1 aromatic heterocycles. The van der Waals surface area contributed by atoms with Crippen LogP contribution in [0.1, 0.15) is 57.6 Å². The Kier molecular flexibility index (Phi) is 4.35. The average Bonchev–Trinajstić information content (AvgIpc) is 3.12. The summed E-state index contributed by atoms with van der Waals surface area (Å²) in [5, 5.41) is 2.64. The normalized spacial score (nSPS) is 15.1. The van der Waals surface area contributed by atoms with Crippen LogP contribution in [0.15, 0.2) is 66.7 Å². The fraction of sp³-hybridized carbons (Fsp3) is 0.286. The summed E-state index contributed by atoms with van der Waals surface area (Å²) < 4.78 is 0. The number of hydrogen-bond acceptors (Lipinski definition) is 0. The summed E-state index contributed by atoms with van der Waals surface area (Å²) in [6.45, 7) is 6.82. The van der Waals surface area contributed by atoms with E-state index in [0.29, 0.717) is 0 Å². The lowest BCUT2D eigenvalue weighted by atomic mass is 9.85. The van der Waals surface area contributed by atoms with Crippen LogP contribution >= 0.6 is 0 Å². The highest BCUT2D eigenvalue weighted by Gasteiger charge is 2.17. The highest BCUT2D eigenvalue weighted by atomic mass is 14.7. The highest BCUT2D eigenvalue weighted by molar-refractivity contribution is 6.15. The molecule has 1 nitrogen and oxygen atoms in total. The molecular weight excluding hydrogens is 350 g/mol. The topological polar surface area (TPSA) is 15.8 Å². The van der Waals surface area contributed by atoms with Crippen molar-refractivity contribution in [2.45, 2.75) is 51.9 Å². The number of benzene rings is 3. The van der Waals surface area contributed by atoms with Crippen LogP contribution in [0.5, 0.6) is 0 Å². The van der Waals surface area contributed by atoms with Crippen molar-refractivity contribution in [3.63, 3.8) is 0 Å². The van der Waals surface area contributed by atoms with Gasteiger partial charge in [-0.05, 0) is 77.1 Å². The zero-order valence-electron chi connectivity index (χ0n) is 17.7. The monoisotopic (exact) mass is 379 g/mol. The van der Waals surface area contributed by atoms with Crippen molar-refractivity contribution < 1.29 is 0 Å². The predicted molar refractivity (Wildman–Crippen MR) is 126 cm³/mol. The Morgan fingerprint density at radius 1 is 0.793 bits per heavy atom. The first kappa shape index (κ1) is 18.2. The second-order valence-electron chi connectivity index (χ2n) is 9.42. The van der Waals surface area contributed by atoms with E-state index in [-0.39, 0.29) is 5.41 Å². The molecule has 0 bridgehead atoms. The first-order chi connectivity index (χ1) is 14.0. The van der Waals surface area contributed by atoms with Gasteiger partial charge in [-0.15, -0.1) is 0 Å². The molecule has 1 heteroatoms. The van der Waals surface area contributed by atoms with Crippen LogP contribution in [0.3, 0.4) is 0 Å². The Morgan fingerprint density at radius 2 is 1.59 bits per heavy atom. The molecule has 146 valence electrons. The van der Waals surface area contributed by atoms with E-state index >= 15 is 0 Å². The van der Waals surface area contributed by atoms with E-state index < -0.39 is 0 Å². The summed E-state index contributed by atoms with van der Waals surface area (Å²) in [7, 11) is 0. The van der Waals surface area contributed by atoms with Gasteiger partial charge in [0.15, 0.2) is 0 Å². The number of nitrogens with one attached hydrogen (secondary N) is 1. The average molecular weight is 380 g/mol. The number of H-pyrrole nitrogens is 1. The molecule has 0 unspecified atom stereocenters. The Morgan fingerprint density at radius 3 is 2.31 bits per heavy atom. The van der Waals surface area contributed by atoms with Gasteiger partial charge in [-0.3, -0.25) is 0 Å². The number of rotatable bonds is 2. The van der Waals surface area contributed by atoms with Gasteiger partial charge < -0.3 is 4.98 Å². The molecule has 0 spiro atoms. The second kappa shape index (κ2) is 6.91. The maximum absolute atomic E-state index is 3.68. The number of aromatic nitrogens is 1. The summed E-state index contributed by atoms with van der Waals surface area (Å²) in [4.78, 5) is 3.68. The molecule has 5 rings (SSSR count). The van der Waals surface area contributed by atoms with Crippen molar-refractivity contribution in [2.75, 3.05) is 0 Å². The molecule has 0 fully saturated rings. The van der Waals surface area contributed by atoms with Gasteiger partial charge >= 0.3 is 0 Å². The van der Waals surface area contributed by atoms with E-state index in [9.17, 15) is 0 Å². The van der Waals surface area contributed by atoms with Crippen LogP contribution in [0, 0.1) is 0 Å². The Balaban J connectivity index is 1.76. The molecule has 1 N–H and O–H groups in total. The van der Waals surface area contributed by atoms with Crippen molar-refractivity contribution in [3.8, 4) is 11.1 Å². The zero-order valence-corrected chi connectivity index (χ0v) is 17.7.